The van der Waals surface area contributed by atoms with Crippen LogP contribution in [0.4, 0.5) is 5.69 Å². The van der Waals surface area contributed by atoms with Crippen LogP contribution in [0.2, 0.25) is 5.02 Å². The van der Waals surface area contributed by atoms with Crippen molar-refractivity contribution >= 4 is 45.9 Å². The number of amides is 1. The largest absolute Gasteiger partial charge is 0.324 e. The summed E-state index contributed by atoms with van der Waals surface area (Å²) in [4.78, 5) is 16.9. The van der Waals surface area contributed by atoms with E-state index in [2.05, 4.69) is 16.4 Å². The fourth-order valence-corrected chi connectivity index (χ4v) is 3.53. The summed E-state index contributed by atoms with van der Waals surface area (Å²) in [5, 5.41) is 14.2. The quantitative estimate of drug-likeness (QED) is 0.638. The van der Waals surface area contributed by atoms with E-state index >= 15 is 0 Å². The van der Waals surface area contributed by atoms with Crippen molar-refractivity contribution in [3.8, 4) is 6.07 Å². The maximum atomic E-state index is 12.2. The molecule has 0 fully saturated rings. The predicted molar refractivity (Wildman–Crippen MR) is 107 cm³/mol. The number of nitriles is 1. The van der Waals surface area contributed by atoms with Crippen molar-refractivity contribution in [1.29, 1.82) is 5.26 Å². The normalized spacial score (nSPS) is 10.5. The van der Waals surface area contributed by atoms with Crippen LogP contribution in [0.1, 0.15) is 16.7 Å². The highest BCUT2D eigenvalue weighted by molar-refractivity contribution is 8.00. The highest BCUT2D eigenvalue weighted by Gasteiger charge is 2.13. The van der Waals surface area contributed by atoms with Gasteiger partial charge in [0.15, 0.2) is 0 Å². The number of thioether (sulfide) groups is 1. The molecule has 130 valence electrons. The number of aromatic nitrogens is 1. The van der Waals surface area contributed by atoms with Crippen molar-refractivity contribution in [3.63, 3.8) is 0 Å². The molecular formula is C20H16ClN3OS. The van der Waals surface area contributed by atoms with Crippen LogP contribution in [0.5, 0.6) is 0 Å². The number of fused-ring (bicyclic) bond motifs is 1. The van der Waals surface area contributed by atoms with Gasteiger partial charge in [0.2, 0.25) is 5.91 Å². The number of nitrogens with zero attached hydrogens (tertiary/aromatic N) is 2. The molecule has 3 aromatic rings. The molecule has 1 amide bonds. The first kappa shape index (κ1) is 18.2. The molecule has 26 heavy (non-hydrogen) atoms. The number of hydrogen-bond acceptors (Lipinski definition) is 4. The van der Waals surface area contributed by atoms with Crippen LogP contribution in [-0.2, 0) is 4.79 Å². The fourth-order valence-electron chi connectivity index (χ4n) is 2.59. The lowest BCUT2D eigenvalue weighted by Gasteiger charge is -2.10. The third-order valence-corrected chi connectivity index (χ3v) is 5.30. The van der Waals surface area contributed by atoms with Gasteiger partial charge >= 0.3 is 0 Å². The second-order valence-corrected chi connectivity index (χ2v) is 7.24. The number of hydrogen-bond donors (Lipinski definition) is 1. The second kappa shape index (κ2) is 7.77. The minimum Gasteiger partial charge on any atom is -0.324 e. The van der Waals surface area contributed by atoms with Gasteiger partial charge in [-0.3, -0.25) is 4.79 Å². The molecule has 6 heteroatoms. The first-order valence-electron chi connectivity index (χ1n) is 7.98. The topological polar surface area (TPSA) is 65.8 Å². The molecule has 0 unspecified atom stereocenters. The van der Waals surface area contributed by atoms with Gasteiger partial charge in [-0.15, -0.1) is 0 Å². The molecule has 3 rings (SSSR count). The highest BCUT2D eigenvalue weighted by atomic mass is 35.5. The molecule has 0 aliphatic rings. The van der Waals surface area contributed by atoms with Crippen LogP contribution in [0.15, 0.2) is 47.5 Å². The van der Waals surface area contributed by atoms with Gasteiger partial charge in [-0.1, -0.05) is 47.6 Å². The Hall–Kier alpha value is -2.55. The van der Waals surface area contributed by atoms with Crippen molar-refractivity contribution in [2.75, 3.05) is 11.1 Å². The number of halogens is 1. The van der Waals surface area contributed by atoms with Crippen molar-refractivity contribution in [3.05, 3.63) is 64.2 Å². The van der Waals surface area contributed by atoms with E-state index in [1.807, 2.05) is 32.0 Å². The van der Waals surface area contributed by atoms with Gasteiger partial charge in [0.05, 0.1) is 27.5 Å². The molecule has 0 bridgehead atoms. The number of carbonyl (C=O) groups is 1. The second-order valence-electron chi connectivity index (χ2n) is 5.87. The molecule has 1 N–H and O–H groups in total. The number of nitrogens with one attached hydrogen (secondary N) is 1. The molecule has 0 saturated carbocycles. The van der Waals surface area contributed by atoms with Crippen LogP contribution >= 0.6 is 23.4 Å². The summed E-state index contributed by atoms with van der Waals surface area (Å²) >= 11 is 7.30. The molecule has 0 atom stereocenters. The van der Waals surface area contributed by atoms with E-state index in [1.54, 1.807) is 24.3 Å². The Labute approximate surface area is 161 Å². The zero-order valence-electron chi connectivity index (χ0n) is 14.3. The molecule has 0 aliphatic carbocycles. The SMILES string of the molecule is Cc1ccc(C)c2nc(SCC(=O)Nc3ccccc3Cl)c(C#N)cc12. The molecule has 0 radical (unpaired) electrons. The lowest BCUT2D eigenvalue weighted by atomic mass is 10.0. The molecule has 2 aromatic carbocycles. The molecule has 0 saturated heterocycles. The van der Waals surface area contributed by atoms with Gasteiger partial charge in [-0.05, 0) is 43.2 Å². The first-order chi connectivity index (χ1) is 12.5. The average molecular weight is 382 g/mol. The maximum Gasteiger partial charge on any atom is 0.234 e. The van der Waals surface area contributed by atoms with Crippen molar-refractivity contribution in [1.82, 2.24) is 4.98 Å². The summed E-state index contributed by atoms with van der Waals surface area (Å²) in [5.74, 6) is -0.0571. The minimum absolute atomic E-state index is 0.142. The van der Waals surface area contributed by atoms with Gasteiger partial charge in [-0.25, -0.2) is 4.98 Å². The van der Waals surface area contributed by atoms with E-state index in [4.69, 9.17) is 11.6 Å². The number of carbonyl (C=O) groups excluding carboxylic acids is 1. The summed E-state index contributed by atoms with van der Waals surface area (Å²) in [6.45, 7) is 3.98. The van der Waals surface area contributed by atoms with E-state index in [9.17, 15) is 10.1 Å². The molecule has 4 nitrogen and oxygen atoms in total. The van der Waals surface area contributed by atoms with E-state index in [0.29, 0.717) is 21.3 Å². The summed E-state index contributed by atoms with van der Waals surface area (Å²) in [6.07, 6.45) is 0. The number of aryl methyl sites for hydroxylation is 2. The van der Waals surface area contributed by atoms with E-state index in [1.165, 1.54) is 11.8 Å². The Balaban J connectivity index is 1.82. The van der Waals surface area contributed by atoms with Gasteiger partial charge in [-0.2, -0.15) is 5.26 Å². The Bertz CT molecular complexity index is 1040. The van der Waals surface area contributed by atoms with Crippen molar-refractivity contribution in [2.24, 2.45) is 0 Å². The Morgan fingerprint density at radius 1 is 1.23 bits per heavy atom. The number of benzene rings is 2. The smallest absolute Gasteiger partial charge is 0.234 e. The van der Waals surface area contributed by atoms with Crippen LogP contribution < -0.4 is 5.32 Å². The van der Waals surface area contributed by atoms with Crippen LogP contribution in [0.25, 0.3) is 10.9 Å². The highest BCUT2D eigenvalue weighted by Crippen LogP contribution is 2.28. The number of anilines is 1. The molecule has 0 spiro atoms. The minimum atomic E-state index is -0.199. The number of pyridine rings is 1. The number of para-hydroxylation sites is 1. The first-order valence-corrected chi connectivity index (χ1v) is 9.34. The van der Waals surface area contributed by atoms with Crippen molar-refractivity contribution < 1.29 is 4.79 Å². The molecular weight excluding hydrogens is 366 g/mol. The standard InChI is InChI=1S/C20H16ClN3OS/c1-12-7-8-13(2)19-15(12)9-14(10-22)20(24-19)26-11-18(25)23-17-6-4-3-5-16(17)21/h3-9H,11H2,1-2H3,(H,23,25). The third kappa shape index (κ3) is 3.82. The Kier molecular flexibility index (Phi) is 5.46. The summed E-state index contributed by atoms with van der Waals surface area (Å²) in [5.41, 5.74) is 4.01. The molecule has 1 heterocycles. The lowest BCUT2D eigenvalue weighted by molar-refractivity contribution is -0.113. The van der Waals surface area contributed by atoms with E-state index in [-0.39, 0.29) is 11.7 Å². The zero-order valence-corrected chi connectivity index (χ0v) is 15.9. The van der Waals surface area contributed by atoms with E-state index in [0.717, 1.165) is 22.0 Å². The Morgan fingerprint density at radius 2 is 1.96 bits per heavy atom. The van der Waals surface area contributed by atoms with Gasteiger partial charge in [0, 0.05) is 5.39 Å². The predicted octanol–water partition coefficient (Wildman–Crippen LogP) is 5.11. The summed E-state index contributed by atoms with van der Waals surface area (Å²) < 4.78 is 0. The van der Waals surface area contributed by atoms with Crippen LogP contribution in [0.3, 0.4) is 0 Å². The Morgan fingerprint density at radius 3 is 2.69 bits per heavy atom. The molecule has 1 aromatic heterocycles. The van der Waals surface area contributed by atoms with Crippen LogP contribution in [-0.4, -0.2) is 16.6 Å². The van der Waals surface area contributed by atoms with Gasteiger partial charge in [0.25, 0.3) is 0 Å². The third-order valence-electron chi connectivity index (χ3n) is 3.98. The lowest BCUT2D eigenvalue weighted by Crippen LogP contribution is -2.14. The number of rotatable bonds is 4. The average Bonchev–Trinajstić information content (AvgIpc) is 2.64. The van der Waals surface area contributed by atoms with E-state index < -0.39 is 0 Å². The van der Waals surface area contributed by atoms with Crippen LogP contribution in [0, 0.1) is 25.2 Å². The van der Waals surface area contributed by atoms with Gasteiger partial charge in [0.1, 0.15) is 11.1 Å². The van der Waals surface area contributed by atoms with Crippen molar-refractivity contribution in [2.45, 2.75) is 18.9 Å². The molecule has 0 aliphatic heterocycles. The monoisotopic (exact) mass is 381 g/mol. The zero-order chi connectivity index (χ0) is 18.7. The van der Waals surface area contributed by atoms with Gasteiger partial charge < -0.3 is 5.32 Å². The maximum absolute atomic E-state index is 12.2. The summed E-state index contributed by atoms with van der Waals surface area (Å²) in [6, 6.07) is 15.1. The summed E-state index contributed by atoms with van der Waals surface area (Å²) in [7, 11) is 0. The fraction of sp³-hybridized carbons (Fsp3) is 0.150.